The number of aromatic nitrogens is 2. The lowest BCUT2D eigenvalue weighted by Gasteiger charge is -2.39. The molecule has 4 heterocycles. The highest BCUT2D eigenvalue weighted by Crippen LogP contribution is 2.41. The summed E-state index contributed by atoms with van der Waals surface area (Å²) in [6.07, 6.45) is 6.56. The van der Waals surface area contributed by atoms with Crippen LogP contribution in [0.15, 0.2) is 42.7 Å². The van der Waals surface area contributed by atoms with Crippen molar-refractivity contribution in [3.63, 3.8) is 0 Å². The van der Waals surface area contributed by atoms with Gasteiger partial charge in [-0.25, -0.2) is 4.98 Å². The molecule has 2 aliphatic rings. The zero-order chi connectivity index (χ0) is 17.3. The fourth-order valence-electron chi connectivity index (χ4n) is 4.16. The van der Waals surface area contributed by atoms with Gasteiger partial charge >= 0.3 is 0 Å². The Morgan fingerprint density at radius 3 is 2.76 bits per heavy atom. The number of hydrogen-bond donors (Lipinski definition) is 0. The van der Waals surface area contributed by atoms with Gasteiger partial charge in [-0.1, -0.05) is 6.07 Å². The van der Waals surface area contributed by atoms with Gasteiger partial charge in [0.2, 0.25) is 5.91 Å². The molecule has 1 spiro atoms. The van der Waals surface area contributed by atoms with Gasteiger partial charge in [-0.15, -0.1) is 0 Å². The Bertz CT molecular complexity index is 763. The largest absolute Gasteiger partial charge is 0.356 e. The number of carbonyl (C=O) groups is 1. The van der Waals surface area contributed by atoms with Gasteiger partial charge in [0.25, 0.3) is 0 Å². The summed E-state index contributed by atoms with van der Waals surface area (Å²) < 4.78 is 0. The van der Waals surface area contributed by atoms with Crippen molar-refractivity contribution in [3.05, 3.63) is 54.0 Å². The summed E-state index contributed by atoms with van der Waals surface area (Å²) >= 11 is 0. The van der Waals surface area contributed by atoms with Crippen LogP contribution in [0.3, 0.4) is 0 Å². The van der Waals surface area contributed by atoms with E-state index in [4.69, 9.17) is 0 Å². The maximum atomic E-state index is 13.2. The number of anilines is 1. The SMILES string of the molecule is Cc1cccc(N2CCCC3(CCN(Cc4ccncc4)C3=O)C2)n1. The number of pyridine rings is 2. The molecule has 0 saturated carbocycles. The molecular formula is C20H24N4O. The third-order valence-electron chi connectivity index (χ3n) is 5.50. The number of hydrogen-bond acceptors (Lipinski definition) is 4. The lowest BCUT2D eigenvalue weighted by Crippen LogP contribution is -2.48. The van der Waals surface area contributed by atoms with Crippen LogP contribution in [-0.4, -0.2) is 40.4 Å². The van der Waals surface area contributed by atoms with E-state index >= 15 is 0 Å². The molecule has 0 aliphatic carbocycles. The number of likely N-dealkylation sites (tertiary alicyclic amines) is 1. The molecule has 2 fully saturated rings. The van der Waals surface area contributed by atoms with E-state index in [9.17, 15) is 4.79 Å². The second-order valence-corrected chi connectivity index (χ2v) is 7.27. The molecule has 5 heteroatoms. The van der Waals surface area contributed by atoms with Gasteiger partial charge in [0.15, 0.2) is 0 Å². The Balaban J connectivity index is 1.51. The number of aryl methyl sites for hydroxylation is 1. The maximum Gasteiger partial charge on any atom is 0.230 e. The molecule has 0 bridgehead atoms. The summed E-state index contributed by atoms with van der Waals surface area (Å²) in [4.78, 5) is 26.2. The normalized spacial score (nSPS) is 23.5. The van der Waals surface area contributed by atoms with Gasteiger partial charge < -0.3 is 9.80 Å². The van der Waals surface area contributed by atoms with Crippen molar-refractivity contribution in [1.82, 2.24) is 14.9 Å². The second-order valence-electron chi connectivity index (χ2n) is 7.27. The Morgan fingerprint density at radius 2 is 1.96 bits per heavy atom. The molecule has 0 N–H and O–H groups in total. The molecule has 4 rings (SSSR count). The van der Waals surface area contributed by atoms with Gasteiger partial charge in [0.1, 0.15) is 5.82 Å². The minimum atomic E-state index is -0.239. The van der Waals surface area contributed by atoms with E-state index in [0.29, 0.717) is 12.5 Å². The van der Waals surface area contributed by atoms with Gasteiger partial charge in [-0.2, -0.15) is 0 Å². The number of carbonyl (C=O) groups excluding carboxylic acids is 1. The van der Waals surface area contributed by atoms with Crippen molar-refractivity contribution in [1.29, 1.82) is 0 Å². The first kappa shape index (κ1) is 16.1. The van der Waals surface area contributed by atoms with E-state index < -0.39 is 0 Å². The fraction of sp³-hybridized carbons (Fsp3) is 0.450. The quantitative estimate of drug-likeness (QED) is 0.865. The molecule has 1 amide bonds. The van der Waals surface area contributed by atoms with Gasteiger partial charge in [0.05, 0.1) is 5.41 Å². The zero-order valence-electron chi connectivity index (χ0n) is 14.7. The van der Waals surface area contributed by atoms with Crippen LogP contribution in [0.25, 0.3) is 0 Å². The summed E-state index contributed by atoms with van der Waals surface area (Å²) in [6.45, 7) is 5.31. The lowest BCUT2D eigenvalue weighted by atomic mass is 9.78. The first-order valence-corrected chi connectivity index (χ1v) is 9.03. The van der Waals surface area contributed by atoms with E-state index in [1.165, 1.54) is 0 Å². The van der Waals surface area contributed by atoms with Crippen molar-refractivity contribution in [2.75, 3.05) is 24.5 Å². The van der Waals surface area contributed by atoms with Crippen LogP contribution in [0.5, 0.6) is 0 Å². The minimum absolute atomic E-state index is 0.239. The van der Waals surface area contributed by atoms with Crippen LogP contribution < -0.4 is 4.90 Å². The molecule has 130 valence electrons. The Kier molecular flexibility index (Phi) is 4.15. The highest BCUT2D eigenvalue weighted by atomic mass is 16.2. The first-order chi connectivity index (χ1) is 12.2. The molecule has 2 aromatic rings. The maximum absolute atomic E-state index is 13.2. The highest BCUT2D eigenvalue weighted by Gasteiger charge is 2.48. The van der Waals surface area contributed by atoms with Crippen LogP contribution in [-0.2, 0) is 11.3 Å². The predicted molar refractivity (Wildman–Crippen MR) is 97.1 cm³/mol. The van der Waals surface area contributed by atoms with Crippen molar-refractivity contribution >= 4 is 11.7 Å². The summed E-state index contributed by atoms with van der Waals surface area (Å²) in [5.41, 5.74) is 1.93. The number of nitrogens with zero attached hydrogens (tertiary/aromatic N) is 4. The molecule has 0 radical (unpaired) electrons. The topological polar surface area (TPSA) is 49.3 Å². The monoisotopic (exact) mass is 336 g/mol. The average Bonchev–Trinajstić information content (AvgIpc) is 2.92. The van der Waals surface area contributed by atoms with E-state index in [-0.39, 0.29) is 5.41 Å². The van der Waals surface area contributed by atoms with E-state index in [0.717, 1.165) is 56.0 Å². The highest BCUT2D eigenvalue weighted by molar-refractivity contribution is 5.85. The van der Waals surface area contributed by atoms with Crippen molar-refractivity contribution in [2.45, 2.75) is 32.7 Å². The lowest BCUT2D eigenvalue weighted by molar-refractivity contribution is -0.137. The van der Waals surface area contributed by atoms with Gasteiger partial charge in [0, 0.05) is 44.3 Å². The smallest absolute Gasteiger partial charge is 0.230 e. The van der Waals surface area contributed by atoms with Crippen molar-refractivity contribution in [2.24, 2.45) is 5.41 Å². The third-order valence-corrected chi connectivity index (χ3v) is 5.50. The van der Waals surface area contributed by atoms with Crippen molar-refractivity contribution in [3.8, 4) is 0 Å². The first-order valence-electron chi connectivity index (χ1n) is 9.03. The van der Waals surface area contributed by atoms with Crippen LogP contribution in [0, 0.1) is 12.3 Å². The second kappa shape index (κ2) is 6.47. The van der Waals surface area contributed by atoms with Crippen LogP contribution in [0.4, 0.5) is 5.82 Å². The van der Waals surface area contributed by atoms with Gasteiger partial charge in [-0.05, 0) is 56.0 Å². The van der Waals surface area contributed by atoms with Gasteiger partial charge in [-0.3, -0.25) is 9.78 Å². The van der Waals surface area contributed by atoms with E-state index in [2.05, 4.69) is 20.9 Å². The Hall–Kier alpha value is -2.43. The van der Waals surface area contributed by atoms with Crippen LogP contribution in [0.2, 0.25) is 0 Å². The standard InChI is InChI=1S/C20H24N4O/c1-16-4-2-5-18(22-16)24-12-3-8-20(15-24)9-13-23(19(20)25)14-17-6-10-21-11-7-17/h2,4-7,10-11H,3,8-9,12-15H2,1H3. The van der Waals surface area contributed by atoms with E-state index in [1.54, 1.807) is 12.4 Å². The molecule has 2 aliphatic heterocycles. The molecule has 1 atom stereocenters. The number of rotatable bonds is 3. The van der Waals surface area contributed by atoms with Crippen LogP contribution >= 0.6 is 0 Å². The summed E-state index contributed by atoms with van der Waals surface area (Å²) in [6, 6.07) is 10.1. The third kappa shape index (κ3) is 3.11. The number of piperidine rings is 1. The molecule has 0 aromatic carbocycles. The van der Waals surface area contributed by atoms with E-state index in [1.807, 2.05) is 36.1 Å². The number of amides is 1. The zero-order valence-corrected chi connectivity index (χ0v) is 14.7. The average molecular weight is 336 g/mol. The molecular weight excluding hydrogens is 312 g/mol. The predicted octanol–water partition coefficient (Wildman–Crippen LogP) is 2.80. The summed E-state index contributed by atoms with van der Waals surface area (Å²) in [7, 11) is 0. The Labute approximate surface area is 148 Å². The molecule has 2 saturated heterocycles. The summed E-state index contributed by atoms with van der Waals surface area (Å²) in [5.74, 6) is 1.31. The Morgan fingerprint density at radius 1 is 1.12 bits per heavy atom. The van der Waals surface area contributed by atoms with Crippen molar-refractivity contribution < 1.29 is 4.79 Å². The molecule has 5 nitrogen and oxygen atoms in total. The molecule has 1 unspecified atom stereocenters. The minimum Gasteiger partial charge on any atom is -0.356 e. The fourth-order valence-corrected chi connectivity index (χ4v) is 4.16. The van der Waals surface area contributed by atoms with Crippen LogP contribution in [0.1, 0.15) is 30.5 Å². The molecule has 25 heavy (non-hydrogen) atoms. The summed E-state index contributed by atoms with van der Waals surface area (Å²) in [5, 5.41) is 0. The molecule has 2 aromatic heterocycles.